The molecule has 1 aliphatic heterocycles. The van der Waals surface area contributed by atoms with Crippen LogP contribution in [0.2, 0.25) is 0 Å². The molecule has 4 atom stereocenters. The summed E-state index contributed by atoms with van der Waals surface area (Å²) in [5, 5.41) is 0. The number of alkyl halides is 1. The monoisotopic (exact) mass is 530 g/mol. The molecule has 4 nitrogen and oxygen atoms in total. The van der Waals surface area contributed by atoms with Crippen molar-refractivity contribution in [1.29, 1.82) is 0 Å². The third kappa shape index (κ3) is 6.60. The first-order valence-corrected chi connectivity index (χ1v) is 11.8. The zero-order chi connectivity index (χ0) is 21.3. The maximum absolute atomic E-state index is 6.34. The zero-order valence-electron chi connectivity index (χ0n) is 17.3. The van der Waals surface area contributed by atoms with E-state index in [1.54, 1.807) is 0 Å². The third-order valence-electron chi connectivity index (χ3n) is 5.22. The maximum Gasteiger partial charge on any atom is 0.138 e. The molecule has 0 radical (unpaired) electrons. The molecule has 0 aromatic heterocycles. The Kier molecular flexibility index (Phi) is 8.49. The first-order chi connectivity index (χ1) is 15.3. The van der Waals surface area contributed by atoms with Gasteiger partial charge in [0.1, 0.15) is 22.4 Å². The average Bonchev–Trinajstić information content (AvgIpc) is 3.12. The van der Waals surface area contributed by atoms with Crippen LogP contribution in [0.25, 0.3) is 0 Å². The Bertz CT molecular complexity index is 891. The molecule has 0 spiro atoms. The van der Waals surface area contributed by atoms with Crippen LogP contribution in [0, 0.1) is 0 Å². The van der Waals surface area contributed by atoms with E-state index in [0.717, 1.165) is 16.7 Å². The van der Waals surface area contributed by atoms with Gasteiger partial charge in [0.25, 0.3) is 0 Å². The highest BCUT2D eigenvalue weighted by Gasteiger charge is 2.45. The normalized spacial score (nSPS) is 23.1. The van der Waals surface area contributed by atoms with E-state index in [1.807, 2.05) is 54.6 Å². The van der Waals surface area contributed by atoms with E-state index in [9.17, 15) is 0 Å². The van der Waals surface area contributed by atoms with E-state index in [4.69, 9.17) is 18.9 Å². The summed E-state index contributed by atoms with van der Waals surface area (Å²) in [7, 11) is 0. The van der Waals surface area contributed by atoms with Crippen LogP contribution in [0.5, 0.6) is 0 Å². The molecule has 1 aliphatic rings. The molecular weight excluding hydrogens is 503 g/mol. The number of hydrogen-bond acceptors (Lipinski definition) is 4. The van der Waals surface area contributed by atoms with Crippen LogP contribution in [0.3, 0.4) is 0 Å². The van der Waals surface area contributed by atoms with Crippen molar-refractivity contribution in [3.63, 3.8) is 0 Å². The molecule has 1 saturated heterocycles. The summed E-state index contributed by atoms with van der Waals surface area (Å²) in [6.45, 7) is 2.04. The molecule has 162 valence electrons. The van der Waals surface area contributed by atoms with Crippen molar-refractivity contribution < 1.29 is 18.9 Å². The van der Waals surface area contributed by atoms with Crippen molar-refractivity contribution in [2.24, 2.45) is 0 Å². The smallest absolute Gasteiger partial charge is 0.138 e. The minimum atomic E-state index is -0.207. The average molecular weight is 530 g/mol. The highest BCUT2D eigenvalue weighted by molar-refractivity contribution is 14.1. The van der Waals surface area contributed by atoms with Gasteiger partial charge in [-0.2, -0.15) is 0 Å². The predicted molar refractivity (Wildman–Crippen MR) is 129 cm³/mol. The van der Waals surface area contributed by atoms with Crippen LogP contribution in [-0.4, -0.2) is 29.0 Å². The fraction of sp³-hybridized carbons (Fsp3) is 0.308. The molecule has 1 heterocycles. The Labute approximate surface area is 197 Å². The molecule has 0 bridgehead atoms. The molecule has 1 fully saturated rings. The fourth-order valence-corrected chi connectivity index (χ4v) is 4.58. The first-order valence-electron chi connectivity index (χ1n) is 10.5. The summed E-state index contributed by atoms with van der Waals surface area (Å²) in [5.74, 6) is 0. The Balaban J connectivity index is 1.39. The molecule has 0 amide bonds. The van der Waals surface area contributed by atoms with Crippen molar-refractivity contribution in [2.45, 2.75) is 42.2 Å². The number of benzene rings is 3. The standard InChI is InChI=1S/C26H27IO4/c27-26-25(30-18-22-14-8-3-9-15-22)24(29-17-21-12-6-2-7-13-21)23(31-26)19-28-16-20-10-4-1-5-11-20/h1-15,23-26H,16-19H2/t23-,24-,25-,26+/m1/s1. The predicted octanol–water partition coefficient (Wildman–Crippen LogP) is 5.53. The van der Waals surface area contributed by atoms with Gasteiger partial charge in [0, 0.05) is 0 Å². The molecule has 0 aliphatic carbocycles. The molecule has 0 saturated carbocycles. The minimum Gasteiger partial charge on any atom is -0.374 e. The van der Waals surface area contributed by atoms with Crippen LogP contribution in [0.15, 0.2) is 91.0 Å². The summed E-state index contributed by atoms with van der Waals surface area (Å²) in [5.41, 5.74) is 3.41. The second-order valence-corrected chi connectivity index (χ2v) is 8.78. The van der Waals surface area contributed by atoms with E-state index in [2.05, 4.69) is 59.0 Å². The van der Waals surface area contributed by atoms with Gasteiger partial charge in [0.2, 0.25) is 0 Å². The summed E-state index contributed by atoms with van der Waals surface area (Å²) < 4.78 is 24.7. The van der Waals surface area contributed by atoms with Crippen molar-refractivity contribution >= 4 is 22.6 Å². The molecule has 4 rings (SSSR count). The number of rotatable bonds is 10. The second kappa shape index (κ2) is 11.7. The van der Waals surface area contributed by atoms with Crippen molar-refractivity contribution in [3.05, 3.63) is 108 Å². The number of ether oxygens (including phenoxy) is 4. The zero-order valence-corrected chi connectivity index (χ0v) is 19.5. The van der Waals surface area contributed by atoms with Gasteiger partial charge >= 0.3 is 0 Å². The Hall–Kier alpha value is -1.77. The van der Waals surface area contributed by atoms with Gasteiger partial charge in [-0.3, -0.25) is 0 Å². The van der Waals surface area contributed by atoms with Gasteiger partial charge in [-0.25, -0.2) is 0 Å². The van der Waals surface area contributed by atoms with Crippen molar-refractivity contribution in [2.75, 3.05) is 6.61 Å². The first kappa shape index (κ1) is 22.4. The summed E-state index contributed by atoms with van der Waals surface area (Å²) >= 11 is 2.30. The maximum atomic E-state index is 6.34. The van der Waals surface area contributed by atoms with Crippen LogP contribution in [-0.2, 0) is 38.8 Å². The van der Waals surface area contributed by atoms with Gasteiger partial charge in [0.05, 0.1) is 26.4 Å². The van der Waals surface area contributed by atoms with Crippen LogP contribution < -0.4 is 0 Å². The van der Waals surface area contributed by atoms with E-state index >= 15 is 0 Å². The third-order valence-corrected chi connectivity index (χ3v) is 6.22. The van der Waals surface area contributed by atoms with E-state index in [1.165, 1.54) is 0 Å². The van der Waals surface area contributed by atoms with Gasteiger partial charge in [-0.05, 0) is 39.3 Å². The van der Waals surface area contributed by atoms with Gasteiger partial charge in [0.15, 0.2) is 0 Å². The second-order valence-electron chi connectivity index (χ2n) is 7.55. The Morgan fingerprint density at radius 3 is 1.58 bits per heavy atom. The highest BCUT2D eigenvalue weighted by Crippen LogP contribution is 2.32. The van der Waals surface area contributed by atoms with Crippen molar-refractivity contribution in [1.82, 2.24) is 0 Å². The van der Waals surface area contributed by atoms with Crippen molar-refractivity contribution in [3.8, 4) is 0 Å². The number of halogens is 1. The van der Waals surface area contributed by atoms with Gasteiger partial charge < -0.3 is 18.9 Å². The van der Waals surface area contributed by atoms with E-state index in [-0.39, 0.29) is 22.4 Å². The summed E-state index contributed by atoms with van der Waals surface area (Å²) in [4.78, 5) is 0. The molecule has 0 unspecified atom stereocenters. The molecule has 3 aromatic rings. The highest BCUT2D eigenvalue weighted by atomic mass is 127. The molecule has 31 heavy (non-hydrogen) atoms. The van der Waals surface area contributed by atoms with Crippen LogP contribution in [0.1, 0.15) is 16.7 Å². The molecule has 5 heteroatoms. The summed E-state index contributed by atoms with van der Waals surface area (Å²) in [6.07, 6.45) is -0.563. The Morgan fingerprint density at radius 2 is 1.06 bits per heavy atom. The van der Waals surface area contributed by atoms with Crippen LogP contribution in [0.4, 0.5) is 0 Å². The Morgan fingerprint density at radius 1 is 0.613 bits per heavy atom. The van der Waals surface area contributed by atoms with Crippen LogP contribution >= 0.6 is 22.6 Å². The lowest BCUT2D eigenvalue weighted by molar-refractivity contribution is -0.0895. The van der Waals surface area contributed by atoms with Gasteiger partial charge in [-0.15, -0.1) is 0 Å². The SMILES string of the molecule is I[C@H]1O[C@H](COCc2ccccc2)[C@@H](OCc2ccccc2)[C@H]1OCc1ccccc1. The minimum absolute atomic E-state index is 0.104. The lowest BCUT2D eigenvalue weighted by atomic mass is 10.1. The van der Waals surface area contributed by atoms with E-state index in [0.29, 0.717) is 26.4 Å². The lowest BCUT2D eigenvalue weighted by Crippen LogP contribution is -2.38. The molecule has 3 aromatic carbocycles. The largest absolute Gasteiger partial charge is 0.374 e. The molecule has 0 N–H and O–H groups in total. The topological polar surface area (TPSA) is 36.9 Å². The fourth-order valence-electron chi connectivity index (χ4n) is 3.59. The number of hydrogen-bond donors (Lipinski definition) is 0. The summed E-state index contributed by atoms with van der Waals surface area (Å²) in [6, 6.07) is 30.5. The molecular formula is C26H27IO4. The van der Waals surface area contributed by atoms with Gasteiger partial charge in [-0.1, -0.05) is 91.0 Å². The quantitative estimate of drug-likeness (QED) is 0.255. The van der Waals surface area contributed by atoms with E-state index < -0.39 is 0 Å². The lowest BCUT2D eigenvalue weighted by Gasteiger charge is -2.24.